The number of aliphatic carboxylic acids is 1. The van der Waals surface area contributed by atoms with Crippen LogP contribution in [0.25, 0.3) is 11.1 Å². The van der Waals surface area contributed by atoms with Crippen molar-refractivity contribution in [2.45, 2.75) is 12.8 Å². The van der Waals surface area contributed by atoms with Gasteiger partial charge in [-0.25, -0.2) is 4.39 Å². The van der Waals surface area contributed by atoms with Crippen molar-refractivity contribution < 1.29 is 19.4 Å². The third-order valence-electron chi connectivity index (χ3n) is 3.11. The zero-order valence-electron chi connectivity index (χ0n) is 10.6. The highest BCUT2D eigenvalue weighted by atomic mass is 35.5. The maximum absolute atomic E-state index is 14.1. The van der Waals surface area contributed by atoms with Crippen LogP contribution in [-0.4, -0.2) is 16.2 Å². The van der Waals surface area contributed by atoms with Crippen molar-refractivity contribution in [2.75, 3.05) is 0 Å². The molecule has 20 heavy (non-hydrogen) atoms. The van der Waals surface area contributed by atoms with Crippen LogP contribution in [0.15, 0.2) is 36.4 Å². The molecule has 0 radical (unpaired) electrons. The van der Waals surface area contributed by atoms with Crippen LogP contribution in [0.3, 0.4) is 0 Å². The highest BCUT2D eigenvalue weighted by Crippen LogP contribution is 2.34. The summed E-state index contributed by atoms with van der Waals surface area (Å²) in [6.07, 6.45) is 0. The number of phenols is 1. The summed E-state index contributed by atoms with van der Waals surface area (Å²) in [5.74, 6) is -2.53. The van der Waals surface area contributed by atoms with Crippen LogP contribution < -0.4 is 0 Å². The molecule has 2 rings (SSSR count). The molecule has 3 nitrogen and oxygen atoms in total. The van der Waals surface area contributed by atoms with E-state index in [4.69, 9.17) is 16.7 Å². The van der Waals surface area contributed by atoms with Crippen molar-refractivity contribution >= 4 is 17.6 Å². The predicted octanol–water partition coefficient (Wildman–Crippen LogP) is 4.04. The maximum atomic E-state index is 14.1. The number of hydrogen-bond donors (Lipinski definition) is 2. The lowest BCUT2D eigenvalue weighted by Gasteiger charge is -2.10. The minimum Gasteiger partial charge on any atom is -0.507 e. The SMILES string of the molecule is CC(C(=O)O)c1ccc(-c2ccc(Cl)cc2O)c(F)c1. The summed E-state index contributed by atoms with van der Waals surface area (Å²) in [6, 6.07) is 8.53. The number of carbonyl (C=O) groups is 1. The first-order valence-electron chi connectivity index (χ1n) is 5.91. The first-order chi connectivity index (χ1) is 9.40. The van der Waals surface area contributed by atoms with E-state index in [-0.39, 0.29) is 11.3 Å². The smallest absolute Gasteiger partial charge is 0.310 e. The van der Waals surface area contributed by atoms with Crippen molar-refractivity contribution in [3.8, 4) is 16.9 Å². The van der Waals surface area contributed by atoms with Gasteiger partial charge in [0.15, 0.2) is 0 Å². The van der Waals surface area contributed by atoms with Gasteiger partial charge < -0.3 is 10.2 Å². The molecule has 0 aromatic heterocycles. The molecule has 0 saturated carbocycles. The molecule has 2 aromatic rings. The number of rotatable bonds is 3. The average Bonchev–Trinajstić information content (AvgIpc) is 2.38. The Bertz CT molecular complexity index is 670. The molecular formula is C15H12ClFO3. The van der Waals surface area contributed by atoms with E-state index in [2.05, 4.69) is 0 Å². The first kappa shape index (κ1) is 14.3. The zero-order chi connectivity index (χ0) is 14.9. The minimum atomic E-state index is -1.02. The lowest BCUT2D eigenvalue weighted by atomic mass is 9.96. The summed E-state index contributed by atoms with van der Waals surface area (Å²) in [4.78, 5) is 10.9. The molecule has 0 spiro atoms. The summed E-state index contributed by atoms with van der Waals surface area (Å²) >= 11 is 5.73. The second kappa shape index (κ2) is 5.51. The third-order valence-corrected chi connectivity index (χ3v) is 3.35. The molecule has 5 heteroatoms. The van der Waals surface area contributed by atoms with Gasteiger partial charge in [-0.3, -0.25) is 4.79 Å². The van der Waals surface area contributed by atoms with Gasteiger partial charge in [-0.2, -0.15) is 0 Å². The number of carboxylic acid groups (broad SMARTS) is 1. The Balaban J connectivity index is 2.47. The van der Waals surface area contributed by atoms with Crippen LogP contribution in [0.5, 0.6) is 5.75 Å². The monoisotopic (exact) mass is 294 g/mol. The topological polar surface area (TPSA) is 57.5 Å². The Kier molecular flexibility index (Phi) is 3.95. The summed E-state index contributed by atoms with van der Waals surface area (Å²) in [6.45, 7) is 1.48. The summed E-state index contributed by atoms with van der Waals surface area (Å²) in [5, 5.41) is 19.1. The molecule has 2 aromatic carbocycles. The fourth-order valence-electron chi connectivity index (χ4n) is 1.89. The highest BCUT2D eigenvalue weighted by Gasteiger charge is 2.17. The molecule has 0 aliphatic rings. The Morgan fingerprint density at radius 1 is 1.20 bits per heavy atom. The zero-order valence-corrected chi connectivity index (χ0v) is 11.4. The van der Waals surface area contributed by atoms with E-state index in [1.807, 2.05) is 0 Å². The molecular weight excluding hydrogens is 283 g/mol. The van der Waals surface area contributed by atoms with Crippen molar-refractivity contribution in [3.05, 3.63) is 52.8 Å². The lowest BCUT2D eigenvalue weighted by molar-refractivity contribution is -0.138. The van der Waals surface area contributed by atoms with Crippen LogP contribution in [0.4, 0.5) is 4.39 Å². The Morgan fingerprint density at radius 2 is 1.85 bits per heavy atom. The number of aromatic hydroxyl groups is 1. The Hall–Kier alpha value is -2.07. The fraction of sp³-hybridized carbons (Fsp3) is 0.133. The van der Waals surface area contributed by atoms with Gasteiger partial charge in [0.2, 0.25) is 0 Å². The molecule has 1 unspecified atom stereocenters. The van der Waals surface area contributed by atoms with E-state index in [1.165, 1.54) is 37.3 Å². The Labute approximate surface area is 120 Å². The van der Waals surface area contributed by atoms with E-state index in [0.717, 1.165) is 0 Å². The fourth-order valence-corrected chi connectivity index (χ4v) is 2.06. The normalized spacial score (nSPS) is 12.2. The molecule has 104 valence electrons. The summed E-state index contributed by atoms with van der Waals surface area (Å²) in [7, 11) is 0. The number of benzene rings is 2. The number of hydrogen-bond acceptors (Lipinski definition) is 2. The van der Waals surface area contributed by atoms with Gasteiger partial charge in [0.05, 0.1) is 5.92 Å². The molecule has 1 atom stereocenters. The average molecular weight is 295 g/mol. The largest absolute Gasteiger partial charge is 0.507 e. The minimum absolute atomic E-state index is 0.129. The molecule has 2 N–H and O–H groups in total. The Morgan fingerprint density at radius 3 is 2.40 bits per heavy atom. The van der Waals surface area contributed by atoms with E-state index in [1.54, 1.807) is 6.07 Å². The summed E-state index contributed by atoms with van der Waals surface area (Å²) < 4.78 is 14.1. The van der Waals surface area contributed by atoms with Gasteiger partial charge >= 0.3 is 5.97 Å². The van der Waals surface area contributed by atoms with Crippen LogP contribution in [-0.2, 0) is 4.79 Å². The maximum Gasteiger partial charge on any atom is 0.310 e. The molecule has 0 aliphatic heterocycles. The number of halogens is 2. The van der Waals surface area contributed by atoms with Crippen molar-refractivity contribution in [3.63, 3.8) is 0 Å². The van der Waals surface area contributed by atoms with E-state index < -0.39 is 17.7 Å². The molecule has 0 amide bonds. The van der Waals surface area contributed by atoms with Crippen LogP contribution >= 0.6 is 11.6 Å². The third kappa shape index (κ3) is 2.75. The highest BCUT2D eigenvalue weighted by molar-refractivity contribution is 6.30. The number of carboxylic acids is 1. The molecule has 0 saturated heterocycles. The van der Waals surface area contributed by atoms with Crippen LogP contribution in [0, 0.1) is 5.82 Å². The van der Waals surface area contributed by atoms with Gasteiger partial charge in [-0.05, 0) is 36.8 Å². The molecule has 0 fully saturated rings. The van der Waals surface area contributed by atoms with E-state index in [9.17, 15) is 14.3 Å². The van der Waals surface area contributed by atoms with E-state index >= 15 is 0 Å². The standard InChI is InChI=1S/C15H12ClFO3/c1-8(15(19)20)9-2-4-11(13(17)6-9)12-5-3-10(16)7-14(12)18/h2-8,18H,1H3,(H,19,20). The predicted molar refractivity (Wildman–Crippen MR) is 74.6 cm³/mol. The second-order valence-electron chi connectivity index (χ2n) is 4.46. The van der Waals surface area contributed by atoms with E-state index in [0.29, 0.717) is 16.1 Å². The van der Waals surface area contributed by atoms with Gasteiger partial charge in [0, 0.05) is 16.1 Å². The van der Waals surface area contributed by atoms with Crippen LogP contribution in [0.1, 0.15) is 18.4 Å². The molecule has 0 bridgehead atoms. The molecule has 0 heterocycles. The van der Waals surface area contributed by atoms with Gasteiger partial charge in [0.25, 0.3) is 0 Å². The quantitative estimate of drug-likeness (QED) is 0.898. The first-order valence-corrected chi connectivity index (χ1v) is 6.29. The van der Waals surface area contributed by atoms with Crippen LogP contribution in [0.2, 0.25) is 5.02 Å². The van der Waals surface area contributed by atoms with Crippen molar-refractivity contribution in [1.29, 1.82) is 0 Å². The number of phenolic OH excluding ortho intramolecular Hbond substituents is 1. The van der Waals surface area contributed by atoms with Gasteiger partial charge in [0.1, 0.15) is 11.6 Å². The van der Waals surface area contributed by atoms with Gasteiger partial charge in [-0.15, -0.1) is 0 Å². The van der Waals surface area contributed by atoms with Crippen molar-refractivity contribution in [1.82, 2.24) is 0 Å². The lowest BCUT2D eigenvalue weighted by Crippen LogP contribution is -2.07. The van der Waals surface area contributed by atoms with Gasteiger partial charge in [-0.1, -0.05) is 23.7 Å². The second-order valence-corrected chi connectivity index (χ2v) is 4.90. The summed E-state index contributed by atoms with van der Waals surface area (Å²) in [5.41, 5.74) is 0.870. The van der Waals surface area contributed by atoms with Crippen molar-refractivity contribution in [2.24, 2.45) is 0 Å². The molecule has 0 aliphatic carbocycles.